The fourth-order valence-electron chi connectivity index (χ4n) is 9.67. The van der Waals surface area contributed by atoms with Gasteiger partial charge in [0.1, 0.15) is 11.5 Å². The Labute approximate surface area is 334 Å². The molecule has 2 aliphatic rings. The van der Waals surface area contributed by atoms with Gasteiger partial charge < -0.3 is 18.6 Å². The topological polar surface area (TPSA) is 28.3 Å². The van der Waals surface area contributed by atoms with Crippen LogP contribution in [0.15, 0.2) is 91.0 Å². The number of hydrogen-bond acceptors (Lipinski definition) is 2. The van der Waals surface area contributed by atoms with Gasteiger partial charge in [-0.05, 0) is 203 Å². The van der Waals surface area contributed by atoms with Gasteiger partial charge in [0.2, 0.25) is 0 Å². The molecule has 0 spiro atoms. The highest BCUT2D eigenvalue weighted by molar-refractivity contribution is 6.98. The summed E-state index contributed by atoms with van der Waals surface area (Å²) < 4.78 is 19.6. The molecule has 4 heterocycles. The largest absolute Gasteiger partial charge is 0.456 e. The minimum atomic E-state index is -0.0931. The quantitative estimate of drug-likeness (QED) is 0.165. The van der Waals surface area contributed by atoms with E-state index in [1.54, 1.807) is 0 Å². The minimum absolute atomic E-state index is 0.0931. The third-order valence-corrected chi connectivity index (χ3v) is 13.4. The van der Waals surface area contributed by atoms with E-state index in [9.17, 15) is 0 Å². The van der Waals surface area contributed by atoms with Crippen LogP contribution < -0.4 is 25.9 Å². The molecule has 0 saturated heterocycles. The van der Waals surface area contributed by atoms with Gasteiger partial charge in [-0.1, -0.05) is 24.3 Å². The molecule has 2 aliphatic heterocycles. The molecular formula is C52H45BN2O2. The Bertz CT molecular complexity index is 2960. The van der Waals surface area contributed by atoms with E-state index in [4.69, 9.17) is 9.47 Å². The highest BCUT2D eigenvalue weighted by Crippen LogP contribution is 2.47. The van der Waals surface area contributed by atoms with Gasteiger partial charge in [-0.25, -0.2) is 0 Å². The van der Waals surface area contributed by atoms with Gasteiger partial charge in [0.05, 0.1) is 33.4 Å². The molecule has 11 rings (SSSR count). The first-order chi connectivity index (χ1) is 27.4. The van der Waals surface area contributed by atoms with E-state index >= 15 is 0 Å². The van der Waals surface area contributed by atoms with Gasteiger partial charge in [0.15, 0.2) is 11.5 Å². The average molecular weight is 741 g/mol. The zero-order chi connectivity index (χ0) is 39.3. The van der Waals surface area contributed by atoms with Crippen LogP contribution in [0.3, 0.4) is 0 Å². The van der Waals surface area contributed by atoms with Crippen molar-refractivity contribution < 1.29 is 9.47 Å². The maximum absolute atomic E-state index is 7.31. The van der Waals surface area contributed by atoms with Gasteiger partial charge in [-0.15, -0.1) is 0 Å². The summed E-state index contributed by atoms with van der Waals surface area (Å²) in [5, 5.41) is 4.99. The minimum Gasteiger partial charge on any atom is -0.456 e. The third-order valence-electron chi connectivity index (χ3n) is 13.4. The monoisotopic (exact) mass is 740 g/mol. The molecule has 278 valence electrons. The van der Waals surface area contributed by atoms with Crippen molar-refractivity contribution in [3.8, 4) is 34.4 Å². The Morgan fingerprint density at radius 1 is 0.368 bits per heavy atom. The molecule has 0 fully saturated rings. The number of fused-ring (bicyclic) bond motifs is 10. The van der Waals surface area contributed by atoms with Crippen molar-refractivity contribution in [2.24, 2.45) is 0 Å². The smallest absolute Gasteiger partial charge is 0.260 e. The van der Waals surface area contributed by atoms with Crippen LogP contribution in [-0.2, 0) is 0 Å². The van der Waals surface area contributed by atoms with Gasteiger partial charge in [-0.2, -0.15) is 0 Å². The van der Waals surface area contributed by atoms with E-state index in [0.717, 1.165) is 50.8 Å². The van der Waals surface area contributed by atoms with Crippen molar-refractivity contribution >= 4 is 66.7 Å². The van der Waals surface area contributed by atoms with Crippen LogP contribution in [-0.4, -0.2) is 15.8 Å². The highest BCUT2D eigenvalue weighted by Gasteiger charge is 2.43. The van der Waals surface area contributed by atoms with Crippen LogP contribution in [0.25, 0.3) is 55.0 Å². The first-order valence-corrected chi connectivity index (χ1v) is 20.2. The second-order valence-electron chi connectivity index (χ2n) is 17.2. The SMILES string of the molecule is Cc1ccc2c(c1)Oc1c(-n3c4cc(C)c(C)cc4c4cc(C)c(C)cc43)cc(-n3c4cc(C)c(C)cc4c4cc(C)c(C)cc43)c3c1B2c1ccc(C)cc1O3. The van der Waals surface area contributed by atoms with Gasteiger partial charge in [0.25, 0.3) is 6.71 Å². The van der Waals surface area contributed by atoms with Crippen LogP contribution in [0.1, 0.15) is 55.6 Å². The van der Waals surface area contributed by atoms with Crippen LogP contribution in [0, 0.1) is 69.2 Å². The zero-order valence-corrected chi connectivity index (χ0v) is 34.4. The van der Waals surface area contributed by atoms with E-state index in [0.29, 0.717) is 0 Å². The molecule has 5 heteroatoms. The summed E-state index contributed by atoms with van der Waals surface area (Å²) in [5.41, 5.74) is 22.6. The molecule has 2 aromatic heterocycles. The third kappa shape index (κ3) is 4.69. The number of benzene rings is 7. The maximum atomic E-state index is 7.31. The van der Waals surface area contributed by atoms with Gasteiger partial charge >= 0.3 is 0 Å². The van der Waals surface area contributed by atoms with Crippen molar-refractivity contribution in [3.05, 3.63) is 147 Å². The first-order valence-electron chi connectivity index (χ1n) is 20.2. The van der Waals surface area contributed by atoms with Crippen molar-refractivity contribution in [2.75, 3.05) is 0 Å². The van der Waals surface area contributed by atoms with Crippen LogP contribution in [0.5, 0.6) is 23.0 Å². The van der Waals surface area contributed by atoms with Crippen molar-refractivity contribution in [1.82, 2.24) is 9.13 Å². The van der Waals surface area contributed by atoms with Crippen molar-refractivity contribution in [1.29, 1.82) is 0 Å². The lowest BCUT2D eigenvalue weighted by molar-refractivity contribution is 0.461. The van der Waals surface area contributed by atoms with E-state index in [2.05, 4.69) is 169 Å². The Morgan fingerprint density at radius 2 is 0.684 bits per heavy atom. The number of hydrogen-bond donors (Lipinski definition) is 0. The number of nitrogens with zero attached hydrogens (tertiary/aromatic N) is 2. The zero-order valence-electron chi connectivity index (χ0n) is 34.4. The van der Waals surface area contributed by atoms with E-state index in [1.807, 2.05) is 0 Å². The van der Waals surface area contributed by atoms with Crippen molar-refractivity contribution in [3.63, 3.8) is 0 Å². The Balaban J connectivity index is 1.37. The first kappa shape index (κ1) is 34.1. The lowest BCUT2D eigenvalue weighted by atomic mass is 9.34. The summed E-state index contributed by atoms with van der Waals surface area (Å²) in [6.45, 7) is 22.0. The lowest BCUT2D eigenvalue weighted by Crippen LogP contribution is -2.57. The van der Waals surface area contributed by atoms with Crippen LogP contribution in [0.4, 0.5) is 0 Å². The van der Waals surface area contributed by atoms with Crippen LogP contribution in [0.2, 0.25) is 0 Å². The fourth-order valence-corrected chi connectivity index (χ4v) is 9.67. The van der Waals surface area contributed by atoms with Crippen LogP contribution >= 0.6 is 0 Å². The summed E-state index contributed by atoms with van der Waals surface area (Å²) in [6, 6.07) is 34.7. The Morgan fingerprint density at radius 3 is 1.02 bits per heavy atom. The molecule has 7 aromatic carbocycles. The van der Waals surface area contributed by atoms with Gasteiger partial charge in [-0.3, -0.25) is 0 Å². The molecule has 0 N–H and O–H groups in total. The average Bonchev–Trinajstić information content (AvgIpc) is 3.61. The molecule has 0 bridgehead atoms. The molecule has 0 amide bonds. The molecular weight excluding hydrogens is 695 g/mol. The summed E-state index contributed by atoms with van der Waals surface area (Å²) in [6.07, 6.45) is 0. The summed E-state index contributed by atoms with van der Waals surface area (Å²) in [4.78, 5) is 0. The molecule has 4 nitrogen and oxygen atoms in total. The second-order valence-corrected chi connectivity index (χ2v) is 17.2. The Hall–Kier alpha value is -6.20. The molecule has 0 aliphatic carbocycles. The number of rotatable bonds is 2. The van der Waals surface area contributed by atoms with Gasteiger partial charge in [0, 0.05) is 27.0 Å². The standard InChI is InChI=1S/C52H45BN2O2/c1-26-11-13-40-48(15-26)56-51-46(54-42-21-32(7)28(3)17-36(42)37-18-29(4)33(8)22-43(37)54)25-47(52-50(51)53(40)41-14-12-27(2)16-49(41)57-52)55-44-23-34(9)30(5)19-38(44)39-20-31(6)35(10)24-45(39)55/h11-25H,1-10H3. The molecule has 0 unspecified atom stereocenters. The normalized spacial score (nSPS) is 13.0. The summed E-state index contributed by atoms with van der Waals surface area (Å²) in [5.74, 6) is 3.49. The summed E-state index contributed by atoms with van der Waals surface area (Å²) >= 11 is 0. The predicted octanol–water partition coefficient (Wildman–Crippen LogP) is 11.7. The highest BCUT2D eigenvalue weighted by atomic mass is 16.5. The molecule has 57 heavy (non-hydrogen) atoms. The number of ether oxygens (including phenoxy) is 2. The maximum Gasteiger partial charge on any atom is 0.260 e. The Kier molecular flexibility index (Phi) is 6.98. The number of aryl methyl sites for hydroxylation is 10. The summed E-state index contributed by atoms with van der Waals surface area (Å²) in [7, 11) is 0. The molecule has 0 saturated carbocycles. The fraction of sp³-hybridized carbons (Fsp3) is 0.192. The van der Waals surface area contributed by atoms with E-state index < -0.39 is 0 Å². The molecule has 9 aromatic rings. The van der Waals surface area contributed by atoms with E-state index in [-0.39, 0.29) is 6.71 Å². The molecule has 0 radical (unpaired) electrons. The second kappa shape index (κ2) is 11.7. The number of aromatic nitrogens is 2. The van der Waals surface area contributed by atoms with E-state index in [1.165, 1.54) is 99.2 Å². The lowest BCUT2D eigenvalue weighted by Gasteiger charge is -2.36. The van der Waals surface area contributed by atoms with Crippen molar-refractivity contribution in [2.45, 2.75) is 69.2 Å². The predicted molar refractivity (Wildman–Crippen MR) is 240 cm³/mol. The molecule has 0 atom stereocenters.